The first-order chi connectivity index (χ1) is 8.13. The highest BCUT2D eigenvalue weighted by Crippen LogP contribution is 2.14. The molecule has 0 aliphatic carbocycles. The highest BCUT2D eigenvalue weighted by atomic mass is 16.6. The van der Waals surface area contributed by atoms with Gasteiger partial charge < -0.3 is 14.4 Å². The average Bonchev–Trinajstić information content (AvgIpc) is 2.71. The molecule has 17 heavy (non-hydrogen) atoms. The summed E-state index contributed by atoms with van der Waals surface area (Å²) in [5, 5.41) is 14.8. The maximum atomic E-state index is 11.3. The molecule has 6 nitrogen and oxygen atoms in total. The molecule has 0 unspecified atom stereocenters. The van der Waals surface area contributed by atoms with Gasteiger partial charge >= 0.3 is 5.69 Å². The summed E-state index contributed by atoms with van der Waals surface area (Å²) in [6.45, 7) is 1.29. The van der Waals surface area contributed by atoms with E-state index in [1.165, 1.54) is 11.6 Å². The molecule has 1 aromatic heterocycles. The third-order valence-corrected chi connectivity index (χ3v) is 2.26. The van der Waals surface area contributed by atoms with Crippen molar-refractivity contribution in [2.24, 2.45) is 0 Å². The van der Waals surface area contributed by atoms with Crippen LogP contribution in [-0.4, -0.2) is 18.2 Å². The summed E-state index contributed by atoms with van der Waals surface area (Å²) in [7, 11) is 1.55. The second kappa shape index (κ2) is 4.25. The molecular formula is C11H10N2O4. The minimum Gasteiger partial charge on any atom is -0.539 e. The number of rotatable bonds is 3. The van der Waals surface area contributed by atoms with Gasteiger partial charge in [-0.15, -0.1) is 0 Å². The first kappa shape index (κ1) is 11.1. The standard InChI is InChI=1S/C11H10N2O4/c1-7(14)10-11(15)17-12-13(10)8-3-5-9(16-2)6-4-8/h3-6H,1-2H3. The number of benzene rings is 1. The van der Waals surface area contributed by atoms with Gasteiger partial charge in [0.05, 0.1) is 12.4 Å². The van der Waals surface area contributed by atoms with Crippen LogP contribution in [0.1, 0.15) is 17.4 Å². The second-order valence-corrected chi connectivity index (χ2v) is 3.38. The normalized spacial score (nSPS) is 10.2. The number of Topliss-reactive ketones (excluding diaryl/α,β-unsaturated/α-hetero) is 1. The Morgan fingerprint density at radius 1 is 1.41 bits per heavy atom. The zero-order valence-corrected chi connectivity index (χ0v) is 9.34. The van der Waals surface area contributed by atoms with E-state index >= 15 is 0 Å². The fraction of sp³-hybridized carbons (Fsp3) is 0.182. The van der Waals surface area contributed by atoms with Crippen LogP contribution in [0, 0.1) is 0 Å². The van der Waals surface area contributed by atoms with Gasteiger partial charge in [0.15, 0.2) is 5.95 Å². The maximum Gasteiger partial charge on any atom is 0.305 e. The number of hydrogen-bond acceptors (Lipinski definition) is 5. The highest BCUT2D eigenvalue weighted by molar-refractivity contribution is 5.92. The number of hydrogen-bond donors (Lipinski definition) is 0. The van der Waals surface area contributed by atoms with Crippen LogP contribution in [0.15, 0.2) is 28.8 Å². The third-order valence-electron chi connectivity index (χ3n) is 2.26. The Kier molecular flexibility index (Phi) is 2.78. The fourth-order valence-corrected chi connectivity index (χ4v) is 1.44. The first-order valence-electron chi connectivity index (χ1n) is 4.88. The van der Waals surface area contributed by atoms with E-state index in [1.807, 2.05) is 0 Å². The Morgan fingerprint density at radius 2 is 2.06 bits per heavy atom. The lowest BCUT2D eigenvalue weighted by Gasteiger charge is -1.97. The van der Waals surface area contributed by atoms with Crippen LogP contribution < -0.4 is 14.5 Å². The van der Waals surface area contributed by atoms with Crippen LogP contribution in [0.3, 0.4) is 0 Å². The number of aromatic nitrogens is 2. The molecule has 0 saturated carbocycles. The van der Waals surface area contributed by atoms with E-state index < -0.39 is 11.7 Å². The van der Waals surface area contributed by atoms with Crippen molar-refractivity contribution in [2.45, 2.75) is 6.92 Å². The van der Waals surface area contributed by atoms with Gasteiger partial charge in [-0.05, 0) is 16.8 Å². The number of ether oxygens (including phenoxy) is 1. The van der Waals surface area contributed by atoms with Gasteiger partial charge in [0.2, 0.25) is 11.5 Å². The number of carbonyl (C=O) groups is 1. The molecule has 0 radical (unpaired) electrons. The summed E-state index contributed by atoms with van der Waals surface area (Å²) >= 11 is 0. The number of methoxy groups -OCH3 is 1. The summed E-state index contributed by atoms with van der Waals surface area (Å²) < 4.78 is 10.7. The summed E-state index contributed by atoms with van der Waals surface area (Å²) in [5.74, 6) is -0.468. The van der Waals surface area contributed by atoms with Crippen molar-refractivity contribution in [3.05, 3.63) is 30.0 Å². The van der Waals surface area contributed by atoms with Crippen molar-refractivity contribution >= 4 is 5.78 Å². The predicted molar refractivity (Wildman–Crippen MR) is 54.0 cm³/mol. The third kappa shape index (κ3) is 1.96. The van der Waals surface area contributed by atoms with Crippen LogP contribution in [0.4, 0.5) is 0 Å². The summed E-state index contributed by atoms with van der Waals surface area (Å²) in [5.41, 5.74) is 0.456. The lowest BCUT2D eigenvalue weighted by Crippen LogP contribution is -2.38. The number of ketones is 1. The van der Waals surface area contributed by atoms with Gasteiger partial charge in [0.25, 0.3) is 0 Å². The van der Waals surface area contributed by atoms with E-state index in [4.69, 9.17) is 4.74 Å². The van der Waals surface area contributed by atoms with Crippen LogP contribution in [0.25, 0.3) is 5.69 Å². The molecule has 0 bridgehead atoms. The Balaban J connectivity index is 2.49. The zero-order valence-electron chi connectivity index (χ0n) is 9.34. The molecule has 88 valence electrons. The molecule has 2 aromatic rings. The van der Waals surface area contributed by atoms with E-state index in [1.54, 1.807) is 31.4 Å². The van der Waals surface area contributed by atoms with Crippen molar-refractivity contribution in [3.63, 3.8) is 0 Å². The molecule has 0 spiro atoms. The van der Waals surface area contributed by atoms with Gasteiger partial charge in [-0.1, -0.05) is 0 Å². The maximum absolute atomic E-state index is 11.3. The number of carbonyl (C=O) groups excluding carboxylic acids is 1. The van der Waals surface area contributed by atoms with Crippen molar-refractivity contribution in [3.8, 4) is 17.4 Å². The minimum atomic E-state index is -0.742. The minimum absolute atomic E-state index is 0.102. The topological polar surface area (TPSA) is 79.3 Å². The Morgan fingerprint density at radius 3 is 2.59 bits per heavy atom. The predicted octanol–water partition coefficient (Wildman–Crippen LogP) is 0.236. The van der Waals surface area contributed by atoms with E-state index in [9.17, 15) is 9.90 Å². The largest absolute Gasteiger partial charge is 0.539 e. The van der Waals surface area contributed by atoms with Gasteiger partial charge in [-0.25, -0.2) is 0 Å². The molecule has 6 heteroatoms. The number of nitrogens with zero attached hydrogens (tertiary/aromatic N) is 2. The van der Waals surface area contributed by atoms with E-state index in [2.05, 4.69) is 9.79 Å². The van der Waals surface area contributed by atoms with E-state index in [0.29, 0.717) is 11.4 Å². The molecule has 0 atom stereocenters. The quantitative estimate of drug-likeness (QED) is 0.561. The first-order valence-corrected chi connectivity index (χ1v) is 4.88. The molecule has 0 N–H and O–H groups in total. The molecule has 0 amide bonds. The second-order valence-electron chi connectivity index (χ2n) is 3.38. The van der Waals surface area contributed by atoms with Crippen molar-refractivity contribution < 1.29 is 23.8 Å². The monoisotopic (exact) mass is 234 g/mol. The molecule has 0 fully saturated rings. The van der Waals surface area contributed by atoms with Crippen molar-refractivity contribution in [1.82, 2.24) is 5.27 Å². The Bertz CT molecular complexity index is 545. The van der Waals surface area contributed by atoms with Crippen LogP contribution in [0.2, 0.25) is 0 Å². The SMILES string of the molecule is COc1ccc(-[n+]2noc([O-])c2C(C)=O)cc1. The van der Waals surface area contributed by atoms with E-state index in [-0.39, 0.29) is 5.69 Å². The molecule has 0 aliphatic heterocycles. The average molecular weight is 234 g/mol. The smallest absolute Gasteiger partial charge is 0.305 e. The highest BCUT2D eigenvalue weighted by Gasteiger charge is 2.24. The molecule has 0 saturated heterocycles. The van der Waals surface area contributed by atoms with Crippen LogP contribution in [-0.2, 0) is 0 Å². The molecule has 1 aromatic carbocycles. The Hall–Kier alpha value is -2.37. The zero-order chi connectivity index (χ0) is 12.4. The Labute approximate surface area is 97.0 Å². The lowest BCUT2D eigenvalue weighted by molar-refractivity contribution is -0.672. The molecular weight excluding hydrogens is 224 g/mol. The summed E-state index contributed by atoms with van der Waals surface area (Å²) in [4.78, 5) is 11.3. The summed E-state index contributed by atoms with van der Waals surface area (Å²) in [6.07, 6.45) is 0. The fourth-order valence-electron chi connectivity index (χ4n) is 1.44. The van der Waals surface area contributed by atoms with Crippen molar-refractivity contribution in [1.29, 1.82) is 0 Å². The van der Waals surface area contributed by atoms with Gasteiger partial charge in [0, 0.05) is 19.1 Å². The van der Waals surface area contributed by atoms with Gasteiger partial charge in [0.1, 0.15) is 5.75 Å². The molecule has 1 heterocycles. The van der Waals surface area contributed by atoms with Crippen molar-refractivity contribution in [2.75, 3.05) is 7.11 Å². The van der Waals surface area contributed by atoms with Crippen LogP contribution in [0.5, 0.6) is 11.7 Å². The van der Waals surface area contributed by atoms with Gasteiger partial charge in [-0.3, -0.25) is 4.79 Å². The van der Waals surface area contributed by atoms with E-state index in [0.717, 1.165) is 0 Å². The molecule has 2 rings (SSSR count). The van der Waals surface area contributed by atoms with Gasteiger partial charge in [-0.2, -0.15) is 0 Å². The lowest BCUT2D eigenvalue weighted by atomic mass is 10.2. The molecule has 0 aliphatic rings. The summed E-state index contributed by atoms with van der Waals surface area (Å²) in [6, 6.07) is 6.75. The van der Waals surface area contributed by atoms with Crippen LogP contribution >= 0.6 is 0 Å².